The molecule has 0 N–H and O–H groups in total. The van der Waals surface area contributed by atoms with Crippen molar-refractivity contribution in [2.45, 2.75) is 33.2 Å². The Morgan fingerprint density at radius 2 is 2.16 bits per heavy atom. The lowest BCUT2D eigenvalue weighted by atomic mass is 10.1. The topological polar surface area (TPSA) is 47.8 Å². The molecule has 0 atom stereocenters. The highest BCUT2D eigenvalue weighted by Crippen LogP contribution is 2.14. The molecule has 0 aliphatic heterocycles. The standard InChI is InChI=1S/C14H16FN3O/c1-9(2)18-14(16-8-17-18)7-13(19)11-5-4-10(3)6-12(11)15/h4-6,8-9H,7H2,1-3H3. The Labute approximate surface area is 111 Å². The van der Waals surface area contributed by atoms with Gasteiger partial charge in [0.15, 0.2) is 5.78 Å². The van der Waals surface area contributed by atoms with E-state index in [0.29, 0.717) is 5.82 Å². The molecule has 2 aromatic rings. The fourth-order valence-corrected chi connectivity index (χ4v) is 1.92. The molecule has 4 nitrogen and oxygen atoms in total. The third kappa shape index (κ3) is 2.86. The van der Waals surface area contributed by atoms with Crippen LogP contribution in [0.25, 0.3) is 0 Å². The number of Topliss-reactive ketones (excluding diaryl/α,β-unsaturated/α-hetero) is 1. The number of benzene rings is 1. The maximum absolute atomic E-state index is 13.7. The molecule has 0 fully saturated rings. The van der Waals surface area contributed by atoms with Crippen LogP contribution in [0.3, 0.4) is 0 Å². The SMILES string of the molecule is Cc1ccc(C(=O)Cc2ncnn2C(C)C)c(F)c1. The number of hydrogen-bond acceptors (Lipinski definition) is 3. The van der Waals surface area contributed by atoms with Crippen molar-refractivity contribution in [3.05, 3.63) is 47.3 Å². The van der Waals surface area contributed by atoms with Crippen LogP contribution in [0, 0.1) is 12.7 Å². The van der Waals surface area contributed by atoms with Crippen LogP contribution < -0.4 is 0 Å². The zero-order chi connectivity index (χ0) is 14.0. The normalized spacial score (nSPS) is 11.0. The second-order valence-corrected chi connectivity index (χ2v) is 4.80. The molecule has 5 heteroatoms. The summed E-state index contributed by atoms with van der Waals surface area (Å²) in [4.78, 5) is 16.2. The molecular formula is C14H16FN3O. The predicted octanol–water partition coefficient (Wildman–Crippen LogP) is 2.73. The van der Waals surface area contributed by atoms with Gasteiger partial charge in [-0.3, -0.25) is 4.79 Å². The summed E-state index contributed by atoms with van der Waals surface area (Å²) >= 11 is 0. The van der Waals surface area contributed by atoms with E-state index in [2.05, 4.69) is 10.1 Å². The van der Waals surface area contributed by atoms with Crippen molar-refractivity contribution in [1.82, 2.24) is 14.8 Å². The zero-order valence-electron chi connectivity index (χ0n) is 11.2. The van der Waals surface area contributed by atoms with Crippen LogP contribution in [0.5, 0.6) is 0 Å². The molecule has 1 aromatic heterocycles. The Kier molecular flexibility index (Phi) is 3.74. The lowest BCUT2D eigenvalue weighted by Gasteiger charge is -2.09. The molecule has 0 aliphatic rings. The first kappa shape index (κ1) is 13.4. The van der Waals surface area contributed by atoms with Gasteiger partial charge >= 0.3 is 0 Å². The van der Waals surface area contributed by atoms with Gasteiger partial charge in [-0.1, -0.05) is 6.07 Å². The second kappa shape index (κ2) is 5.30. The van der Waals surface area contributed by atoms with Gasteiger partial charge in [0.1, 0.15) is 18.0 Å². The molecule has 0 spiro atoms. The number of halogens is 1. The molecule has 0 bridgehead atoms. The first-order valence-corrected chi connectivity index (χ1v) is 6.16. The smallest absolute Gasteiger partial charge is 0.173 e. The molecule has 0 unspecified atom stereocenters. The molecule has 0 saturated carbocycles. The van der Waals surface area contributed by atoms with Gasteiger partial charge < -0.3 is 0 Å². The lowest BCUT2D eigenvalue weighted by Crippen LogP contribution is -2.14. The monoisotopic (exact) mass is 261 g/mol. The number of hydrogen-bond donors (Lipinski definition) is 0. The van der Waals surface area contributed by atoms with Crippen LogP contribution in [-0.4, -0.2) is 20.5 Å². The summed E-state index contributed by atoms with van der Waals surface area (Å²) in [5.41, 5.74) is 0.892. The molecule has 0 aliphatic carbocycles. The van der Waals surface area contributed by atoms with E-state index in [9.17, 15) is 9.18 Å². The molecular weight excluding hydrogens is 245 g/mol. The molecule has 0 saturated heterocycles. The predicted molar refractivity (Wildman–Crippen MR) is 69.6 cm³/mol. The Hall–Kier alpha value is -2.04. The number of ketones is 1. The van der Waals surface area contributed by atoms with Gasteiger partial charge in [0.05, 0.1) is 12.0 Å². The summed E-state index contributed by atoms with van der Waals surface area (Å²) in [7, 11) is 0. The molecule has 100 valence electrons. The van der Waals surface area contributed by atoms with Crippen molar-refractivity contribution in [3.63, 3.8) is 0 Å². The number of rotatable bonds is 4. The highest BCUT2D eigenvalue weighted by Gasteiger charge is 2.16. The van der Waals surface area contributed by atoms with E-state index in [1.54, 1.807) is 17.7 Å². The fourth-order valence-electron chi connectivity index (χ4n) is 1.92. The minimum atomic E-state index is -0.486. The third-order valence-electron chi connectivity index (χ3n) is 2.88. The van der Waals surface area contributed by atoms with Gasteiger partial charge in [0.25, 0.3) is 0 Å². The van der Waals surface area contributed by atoms with Gasteiger partial charge in [-0.2, -0.15) is 5.10 Å². The average Bonchev–Trinajstić information content (AvgIpc) is 2.76. The van der Waals surface area contributed by atoms with E-state index in [-0.39, 0.29) is 23.8 Å². The van der Waals surface area contributed by atoms with E-state index in [0.717, 1.165) is 5.56 Å². The number of nitrogens with zero attached hydrogens (tertiary/aromatic N) is 3. The van der Waals surface area contributed by atoms with Crippen molar-refractivity contribution in [1.29, 1.82) is 0 Å². The van der Waals surface area contributed by atoms with Crippen molar-refractivity contribution >= 4 is 5.78 Å². The molecule has 0 amide bonds. The molecule has 19 heavy (non-hydrogen) atoms. The van der Waals surface area contributed by atoms with Gasteiger partial charge in [0, 0.05) is 6.04 Å². The summed E-state index contributed by atoms with van der Waals surface area (Å²) < 4.78 is 15.4. The van der Waals surface area contributed by atoms with E-state index in [4.69, 9.17) is 0 Å². The Morgan fingerprint density at radius 3 is 2.79 bits per heavy atom. The summed E-state index contributed by atoms with van der Waals surface area (Å²) in [6.45, 7) is 5.69. The fraction of sp³-hybridized carbons (Fsp3) is 0.357. The Bertz CT molecular complexity index is 604. The van der Waals surface area contributed by atoms with Crippen molar-refractivity contribution in [3.8, 4) is 0 Å². The van der Waals surface area contributed by atoms with Crippen LogP contribution in [0.4, 0.5) is 4.39 Å². The maximum atomic E-state index is 13.7. The van der Waals surface area contributed by atoms with Crippen LogP contribution >= 0.6 is 0 Å². The first-order valence-electron chi connectivity index (χ1n) is 6.16. The quantitative estimate of drug-likeness (QED) is 0.795. The minimum absolute atomic E-state index is 0.0537. The van der Waals surface area contributed by atoms with E-state index in [1.807, 2.05) is 13.8 Å². The van der Waals surface area contributed by atoms with E-state index in [1.165, 1.54) is 18.5 Å². The van der Waals surface area contributed by atoms with Crippen molar-refractivity contribution < 1.29 is 9.18 Å². The van der Waals surface area contributed by atoms with Gasteiger partial charge in [-0.05, 0) is 38.5 Å². The summed E-state index contributed by atoms with van der Waals surface area (Å²) in [6, 6.07) is 4.72. The number of carbonyl (C=O) groups is 1. The van der Waals surface area contributed by atoms with Gasteiger partial charge in [0.2, 0.25) is 0 Å². The van der Waals surface area contributed by atoms with Gasteiger partial charge in [-0.25, -0.2) is 14.1 Å². The number of carbonyl (C=O) groups excluding carboxylic acids is 1. The largest absolute Gasteiger partial charge is 0.294 e. The highest BCUT2D eigenvalue weighted by molar-refractivity contribution is 5.97. The molecule has 1 aromatic carbocycles. The van der Waals surface area contributed by atoms with Crippen LogP contribution in [0.2, 0.25) is 0 Å². The minimum Gasteiger partial charge on any atom is -0.294 e. The van der Waals surface area contributed by atoms with Crippen LogP contribution in [-0.2, 0) is 6.42 Å². The van der Waals surface area contributed by atoms with Gasteiger partial charge in [-0.15, -0.1) is 0 Å². The zero-order valence-corrected chi connectivity index (χ0v) is 11.2. The summed E-state index contributed by atoms with van der Waals surface area (Å²) in [5.74, 6) is -0.215. The third-order valence-corrected chi connectivity index (χ3v) is 2.88. The average molecular weight is 261 g/mol. The molecule has 0 radical (unpaired) electrons. The van der Waals surface area contributed by atoms with E-state index < -0.39 is 5.82 Å². The Balaban J connectivity index is 2.23. The summed E-state index contributed by atoms with van der Waals surface area (Å²) in [5, 5.41) is 4.06. The van der Waals surface area contributed by atoms with Crippen molar-refractivity contribution in [2.75, 3.05) is 0 Å². The Morgan fingerprint density at radius 1 is 1.42 bits per heavy atom. The first-order chi connectivity index (χ1) is 8.99. The number of aromatic nitrogens is 3. The number of aryl methyl sites for hydroxylation is 1. The van der Waals surface area contributed by atoms with E-state index >= 15 is 0 Å². The highest BCUT2D eigenvalue weighted by atomic mass is 19.1. The van der Waals surface area contributed by atoms with Crippen LogP contribution in [0.1, 0.15) is 41.6 Å². The molecule has 1 heterocycles. The maximum Gasteiger partial charge on any atom is 0.173 e. The second-order valence-electron chi connectivity index (χ2n) is 4.80. The van der Waals surface area contributed by atoms with Crippen LogP contribution in [0.15, 0.2) is 24.5 Å². The lowest BCUT2D eigenvalue weighted by molar-refractivity contribution is 0.0985. The molecule has 2 rings (SSSR count). The van der Waals surface area contributed by atoms with Crippen molar-refractivity contribution in [2.24, 2.45) is 0 Å². The summed E-state index contributed by atoms with van der Waals surface area (Å²) in [6.07, 6.45) is 1.46.